The van der Waals surface area contributed by atoms with Crippen LogP contribution in [-0.2, 0) is 0 Å². The predicted octanol–water partition coefficient (Wildman–Crippen LogP) is 4.48. The van der Waals surface area contributed by atoms with E-state index >= 15 is 0 Å². The summed E-state index contributed by atoms with van der Waals surface area (Å²) in [5, 5.41) is 0. The number of aromatic nitrogens is 1. The van der Waals surface area contributed by atoms with Crippen molar-refractivity contribution in [2.24, 2.45) is 0 Å². The standard InChI is InChI=1S/C18H17FN2/c1-12-3-9-18(16(20)11-12)21-13(2)4-10-17(21)14-5-7-15(19)8-6-14/h3-11H,20H2,1-2H3. The fourth-order valence-electron chi connectivity index (χ4n) is 2.58. The Morgan fingerprint density at radius 1 is 0.905 bits per heavy atom. The van der Waals surface area contributed by atoms with Crippen LogP contribution in [0, 0.1) is 19.7 Å². The SMILES string of the molecule is Cc1ccc(-n2c(C)ccc2-c2ccc(F)cc2)c(N)c1. The molecule has 0 unspecified atom stereocenters. The zero-order chi connectivity index (χ0) is 15.0. The summed E-state index contributed by atoms with van der Waals surface area (Å²) in [5.74, 6) is -0.233. The molecule has 2 nitrogen and oxygen atoms in total. The number of benzene rings is 2. The summed E-state index contributed by atoms with van der Waals surface area (Å²) in [6.07, 6.45) is 0. The Balaban J connectivity index is 2.19. The van der Waals surface area contributed by atoms with E-state index < -0.39 is 0 Å². The van der Waals surface area contributed by atoms with Crippen LogP contribution in [0.4, 0.5) is 10.1 Å². The maximum Gasteiger partial charge on any atom is 0.123 e. The molecule has 3 aromatic rings. The highest BCUT2D eigenvalue weighted by Gasteiger charge is 2.11. The van der Waals surface area contributed by atoms with Gasteiger partial charge >= 0.3 is 0 Å². The van der Waals surface area contributed by atoms with Crippen molar-refractivity contribution >= 4 is 5.69 Å². The summed E-state index contributed by atoms with van der Waals surface area (Å²) in [6.45, 7) is 4.05. The first-order chi connectivity index (χ1) is 10.1. The number of nitrogens with two attached hydrogens (primary N) is 1. The summed E-state index contributed by atoms with van der Waals surface area (Å²) in [5.41, 5.74) is 12.0. The maximum atomic E-state index is 13.1. The van der Waals surface area contributed by atoms with Gasteiger partial charge in [-0.25, -0.2) is 4.39 Å². The fourth-order valence-corrected chi connectivity index (χ4v) is 2.58. The van der Waals surface area contributed by atoms with Gasteiger partial charge in [0.05, 0.1) is 17.1 Å². The number of halogens is 1. The van der Waals surface area contributed by atoms with Gasteiger partial charge in [-0.05, 0) is 73.5 Å². The van der Waals surface area contributed by atoms with Gasteiger partial charge in [-0.1, -0.05) is 6.07 Å². The lowest BCUT2D eigenvalue weighted by atomic mass is 10.1. The summed E-state index contributed by atoms with van der Waals surface area (Å²) >= 11 is 0. The van der Waals surface area contributed by atoms with E-state index in [1.165, 1.54) is 12.1 Å². The van der Waals surface area contributed by atoms with Crippen molar-refractivity contribution in [3.05, 3.63) is 71.7 Å². The molecule has 21 heavy (non-hydrogen) atoms. The van der Waals surface area contributed by atoms with E-state index in [9.17, 15) is 4.39 Å². The minimum atomic E-state index is -0.233. The Hall–Kier alpha value is -2.55. The molecule has 0 aliphatic rings. The highest BCUT2D eigenvalue weighted by molar-refractivity contribution is 5.69. The molecule has 0 saturated heterocycles. The molecule has 2 aromatic carbocycles. The molecule has 0 saturated carbocycles. The number of nitrogen functional groups attached to an aromatic ring is 1. The number of anilines is 1. The highest BCUT2D eigenvalue weighted by atomic mass is 19.1. The van der Waals surface area contributed by atoms with E-state index in [4.69, 9.17) is 5.73 Å². The Kier molecular flexibility index (Phi) is 3.26. The summed E-state index contributed by atoms with van der Waals surface area (Å²) < 4.78 is 15.2. The van der Waals surface area contributed by atoms with E-state index in [1.54, 1.807) is 12.1 Å². The smallest absolute Gasteiger partial charge is 0.123 e. The van der Waals surface area contributed by atoms with E-state index in [1.807, 2.05) is 44.2 Å². The van der Waals surface area contributed by atoms with E-state index in [-0.39, 0.29) is 5.82 Å². The van der Waals surface area contributed by atoms with Crippen LogP contribution in [0.2, 0.25) is 0 Å². The topological polar surface area (TPSA) is 30.9 Å². The van der Waals surface area contributed by atoms with Crippen molar-refractivity contribution in [3.8, 4) is 16.9 Å². The maximum absolute atomic E-state index is 13.1. The fraction of sp³-hybridized carbons (Fsp3) is 0.111. The monoisotopic (exact) mass is 280 g/mol. The van der Waals surface area contributed by atoms with Crippen LogP contribution in [0.15, 0.2) is 54.6 Å². The van der Waals surface area contributed by atoms with Gasteiger partial charge in [-0.3, -0.25) is 0 Å². The molecule has 0 aliphatic heterocycles. The minimum Gasteiger partial charge on any atom is -0.397 e. The first kappa shape index (κ1) is 13.4. The molecule has 2 N–H and O–H groups in total. The Morgan fingerprint density at radius 3 is 2.29 bits per heavy atom. The molecule has 0 bridgehead atoms. The van der Waals surface area contributed by atoms with Crippen molar-refractivity contribution in [3.63, 3.8) is 0 Å². The zero-order valence-electron chi connectivity index (χ0n) is 12.1. The molecule has 1 heterocycles. The van der Waals surface area contributed by atoms with Crippen LogP contribution >= 0.6 is 0 Å². The third-order valence-electron chi connectivity index (χ3n) is 3.64. The minimum absolute atomic E-state index is 0.233. The molecule has 3 heteroatoms. The van der Waals surface area contributed by atoms with Crippen LogP contribution < -0.4 is 5.73 Å². The second-order valence-corrected chi connectivity index (χ2v) is 5.26. The third-order valence-corrected chi connectivity index (χ3v) is 3.64. The predicted molar refractivity (Wildman–Crippen MR) is 85.0 cm³/mol. The lowest BCUT2D eigenvalue weighted by Gasteiger charge is -2.15. The third kappa shape index (κ3) is 2.42. The Labute approximate surface area is 123 Å². The zero-order valence-corrected chi connectivity index (χ0v) is 12.1. The summed E-state index contributed by atoms with van der Waals surface area (Å²) in [4.78, 5) is 0. The molecule has 0 spiro atoms. The van der Waals surface area contributed by atoms with Crippen LogP contribution in [0.5, 0.6) is 0 Å². The molecule has 0 atom stereocenters. The molecule has 3 rings (SSSR count). The number of nitrogens with zero attached hydrogens (tertiary/aromatic N) is 1. The molecule has 106 valence electrons. The normalized spacial score (nSPS) is 10.8. The van der Waals surface area contributed by atoms with Crippen molar-refractivity contribution < 1.29 is 4.39 Å². The van der Waals surface area contributed by atoms with Gasteiger partial charge in [0.15, 0.2) is 0 Å². The van der Waals surface area contributed by atoms with Crippen LogP contribution in [-0.4, -0.2) is 4.57 Å². The largest absolute Gasteiger partial charge is 0.397 e. The lowest BCUT2D eigenvalue weighted by molar-refractivity contribution is 0.628. The van der Waals surface area contributed by atoms with Gasteiger partial charge in [0.25, 0.3) is 0 Å². The summed E-state index contributed by atoms with van der Waals surface area (Å²) in [7, 11) is 0. The molecular weight excluding hydrogens is 263 g/mol. The molecule has 0 radical (unpaired) electrons. The second kappa shape index (κ2) is 5.09. The van der Waals surface area contributed by atoms with Crippen LogP contribution in [0.3, 0.4) is 0 Å². The number of hydrogen-bond donors (Lipinski definition) is 1. The number of aryl methyl sites for hydroxylation is 2. The molecular formula is C18H17FN2. The van der Waals surface area contributed by atoms with Crippen LogP contribution in [0.25, 0.3) is 16.9 Å². The number of hydrogen-bond acceptors (Lipinski definition) is 1. The van der Waals surface area contributed by atoms with Crippen molar-refractivity contribution in [1.82, 2.24) is 4.57 Å². The Morgan fingerprint density at radius 2 is 1.62 bits per heavy atom. The first-order valence-corrected chi connectivity index (χ1v) is 6.87. The first-order valence-electron chi connectivity index (χ1n) is 6.87. The Bertz CT molecular complexity index is 785. The van der Waals surface area contributed by atoms with Gasteiger partial charge in [0.2, 0.25) is 0 Å². The number of rotatable bonds is 2. The van der Waals surface area contributed by atoms with Gasteiger partial charge < -0.3 is 10.3 Å². The molecule has 0 amide bonds. The van der Waals surface area contributed by atoms with Crippen molar-refractivity contribution in [1.29, 1.82) is 0 Å². The van der Waals surface area contributed by atoms with Gasteiger partial charge in [0, 0.05) is 5.69 Å². The molecule has 1 aromatic heterocycles. The average molecular weight is 280 g/mol. The van der Waals surface area contributed by atoms with Crippen LogP contribution in [0.1, 0.15) is 11.3 Å². The van der Waals surface area contributed by atoms with E-state index in [2.05, 4.69) is 4.57 Å². The van der Waals surface area contributed by atoms with E-state index in [0.29, 0.717) is 0 Å². The van der Waals surface area contributed by atoms with Crippen molar-refractivity contribution in [2.45, 2.75) is 13.8 Å². The quantitative estimate of drug-likeness (QED) is 0.689. The summed E-state index contributed by atoms with van der Waals surface area (Å²) in [6, 6.07) is 16.6. The highest BCUT2D eigenvalue weighted by Crippen LogP contribution is 2.29. The van der Waals surface area contributed by atoms with Crippen molar-refractivity contribution in [2.75, 3.05) is 5.73 Å². The molecule has 0 aliphatic carbocycles. The second-order valence-electron chi connectivity index (χ2n) is 5.26. The van der Waals surface area contributed by atoms with Gasteiger partial charge in [-0.2, -0.15) is 0 Å². The average Bonchev–Trinajstić information content (AvgIpc) is 2.82. The van der Waals surface area contributed by atoms with Gasteiger partial charge in [0.1, 0.15) is 5.82 Å². The van der Waals surface area contributed by atoms with E-state index in [0.717, 1.165) is 33.9 Å². The lowest BCUT2D eigenvalue weighted by Crippen LogP contribution is -2.03. The molecule has 0 fully saturated rings. The van der Waals surface area contributed by atoms with Gasteiger partial charge in [-0.15, -0.1) is 0 Å².